The zero-order chi connectivity index (χ0) is 12.6. The fraction of sp³-hybridized carbons (Fsp3) is 0.533. The molecule has 104 valence electrons. The second-order valence-corrected chi connectivity index (χ2v) is 5.40. The van der Waals surface area contributed by atoms with E-state index in [9.17, 15) is 4.79 Å². The van der Waals surface area contributed by atoms with Crippen LogP contribution >= 0.6 is 12.4 Å². The first-order chi connectivity index (χ1) is 8.77. The highest BCUT2D eigenvalue weighted by Crippen LogP contribution is 2.51. The average molecular weight is 282 g/mol. The van der Waals surface area contributed by atoms with Crippen LogP contribution in [-0.4, -0.2) is 26.2 Å². The molecule has 1 aromatic carbocycles. The summed E-state index contributed by atoms with van der Waals surface area (Å²) in [5, 5.41) is 3.41. The van der Waals surface area contributed by atoms with Gasteiger partial charge in [0.1, 0.15) is 0 Å². The third kappa shape index (κ3) is 2.26. The highest BCUT2D eigenvalue weighted by molar-refractivity contribution is 5.85. The normalized spacial score (nSPS) is 23.5. The van der Waals surface area contributed by atoms with Gasteiger partial charge in [-0.05, 0) is 48.9 Å². The zero-order valence-corrected chi connectivity index (χ0v) is 12.0. The monoisotopic (exact) mass is 281 g/mol. The quantitative estimate of drug-likeness (QED) is 0.804. The molecule has 0 radical (unpaired) electrons. The molecule has 1 heterocycles. The third-order valence-electron chi connectivity index (χ3n) is 4.55. The van der Waals surface area contributed by atoms with Crippen molar-refractivity contribution in [3.8, 4) is 0 Å². The first kappa shape index (κ1) is 14.4. The Kier molecular flexibility index (Phi) is 4.16. The number of benzene rings is 1. The molecule has 3 nitrogen and oxygen atoms in total. The topological polar surface area (TPSA) is 38.3 Å². The molecule has 1 aliphatic carbocycles. The molecule has 1 atom stereocenters. The van der Waals surface area contributed by atoms with E-state index in [0.717, 1.165) is 32.4 Å². The molecule has 1 saturated heterocycles. The Morgan fingerprint density at radius 3 is 2.68 bits per heavy atom. The number of fused-ring (bicyclic) bond motifs is 2. The Hall–Kier alpha value is -1.06. The van der Waals surface area contributed by atoms with Gasteiger partial charge in [0.15, 0.2) is 0 Å². The van der Waals surface area contributed by atoms with Crippen LogP contribution in [0.4, 0.5) is 0 Å². The Morgan fingerprint density at radius 2 is 2.00 bits per heavy atom. The van der Waals surface area contributed by atoms with E-state index in [-0.39, 0.29) is 29.7 Å². The molecule has 19 heavy (non-hydrogen) atoms. The number of carbonyl (C=O) groups is 1. The van der Waals surface area contributed by atoms with Gasteiger partial charge in [-0.3, -0.25) is 4.79 Å². The van der Waals surface area contributed by atoms with Crippen LogP contribution in [0.5, 0.6) is 0 Å². The minimum atomic E-state index is -0.0853. The predicted molar refractivity (Wildman–Crippen MR) is 76.8 cm³/mol. The van der Waals surface area contributed by atoms with Gasteiger partial charge in [0.25, 0.3) is 0 Å². The summed E-state index contributed by atoms with van der Waals surface area (Å²) in [5.41, 5.74) is 2.76. The average Bonchev–Trinajstić information content (AvgIpc) is 2.74. The fourth-order valence-electron chi connectivity index (χ4n) is 3.63. The summed E-state index contributed by atoms with van der Waals surface area (Å²) in [6.45, 7) is 2.09. The number of rotatable bonds is 1. The van der Waals surface area contributed by atoms with Crippen molar-refractivity contribution in [2.75, 3.05) is 20.2 Å². The summed E-state index contributed by atoms with van der Waals surface area (Å²) in [6, 6.07) is 8.40. The number of ether oxygens (including phenoxy) is 1. The SMILES string of the molecule is COC(=O)C1CC2(CCNCC2)c2ccccc21.Cl. The van der Waals surface area contributed by atoms with Gasteiger partial charge >= 0.3 is 5.97 Å². The molecule has 1 aromatic rings. The van der Waals surface area contributed by atoms with Crippen LogP contribution in [0.15, 0.2) is 24.3 Å². The summed E-state index contributed by atoms with van der Waals surface area (Å²) in [7, 11) is 1.48. The lowest BCUT2D eigenvalue weighted by atomic mass is 9.74. The molecule has 0 amide bonds. The van der Waals surface area contributed by atoms with Gasteiger partial charge in [0, 0.05) is 0 Å². The van der Waals surface area contributed by atoms with Gasteiger partial charge < -0.3 is 10.1 Å². The number of nitrogens with one attached hydrogen (secondary N) is 1. The van der Waals surface area contributed by atoms with E-state index in [1.807, 2.05) is 6.07 Å². The first-order valence-electron chi connectivity index (χ1n) is 6.65. The Morgan fingerprint density at radius 1 is 1.32 bits per heavy atom. The van der Waals surface area contributed by atoms with E-state index in [1.54, 1.807) is 0 Å². The number of halogens is 1. The van der Waals surface area contributed by atoms with Crippen LogP contribution in [-0.2, 0) is 14.9 Å². The van der Waals surface area contributed by atoms with Crippen LogP contribution in [0.2, 0.25) is 0 Å². The minimum absolute atomic E-state index is 0. The Balaban J connectivity index is 0.00000133. The molecule has 0 aromatic heterocycles. The maximum Gasteiger partial charge on any atom is 0.313 e. The number of piperidine rings is 1. The molecule has 0 bridgehead atoms. The van der Waals surface area contributed by atoms with Crippen molar-refractivity contribution in [3.05, 3.63) is 35.4 Å². The Bertz CT molecular complexity index is 469. The van der Waals surface area contributed by atoms with Gasteiger partial charge in [-0.2, -0.15) is 0 Å². The van der Waals surface area contributed by atoms with Crippen molar-refractivity contribution >= 4 is 18.4 Å². The van der Waals surface area contributed by atoms with Crippen LogP contribution in [0.1, 0.15) is 36.3 Å². The predicted octanol–water partition coefficient (Wildman–Crippen LogP) is 2.39. The molecule has 2 aliphatic rings. The van der Waals surface area contributed by atoms with Crippen molar-refractivity contribution in [2.24, 2.45) is 0 Å². The van der Waals surface area contributed by atoms with Gasteiger partial charge in [0.2, 0.25) is 0 Å². The molecule has 4 heteroatoms. The summed E-state index contributed by atoms with van der Waals surface area (Å²) >= 11 is 0. The van der Waals surface area contributed by atoms with Gasteiger partial charge in [-0.1, -0.05) is 24.3 Å². The number of carbonyl (C=O) groups excluding carboxylic acids is 1. The lowest BCUT2D eigenvalue weighted by molar-refractivity contribution is -0.142. The molecule has 1 fully saturated rings. The minimum Gasteiger partial charge on any atom is -0.469 e. The van der Waals surface area contributed by atoms with Crippen molar-refractivity contribution in [2.45, 2.75) is 30.6 Å². The van der Waals surface area contributed by atoms with Crippen molar-refractivity contribution in [3.63, 3.8) is 0 Å². The standard InChI is InChI=1S/C15H19NO2.ClH/c1-18-14(17)12-10-15(6-8-16-9-7-15)13-5-3-2-4-11(12)13;/h2-5,12,16H,6-10H2,1H3;1H. The highest BCUT2D eigenvalue weighted by atomic mass is 35.5. The molecule has 1 unspecified atom stereocenters. The van der Waals surface area contributed by atoms with E-state index >= 15 is 0 Å². The van der Waals surface area contributed by atoms with Crippen molar-refractivity contribution < 1.29 is 9.53 Å². The van der Waals surface area contributed by atoms with E-state index in [4.69, 9.17) is 4.74 Å². The van der Waals surface area contributed by atoms with Crippen LogP contribution in [0.3, 0.4) is 0 Å². The van der Waals surface area contributed by atoms with Crippen LogP contribution in [0.25, 0.3) is 0 Å². The second-order valence-electron chi connectivity index (χ2n) is 5.40. The lowest BCUT2D eigenvalue weighted by Gasteiger charge is -2.35. The summed E-state index contributed by atoms with van der Waals surface area (Å²) in [4.78, 5) is 12.0. The van der Waals surface area contributed by atoms with E-state index in [2.05, 4.69) is 23.5 Å². The summed E-state index contributed by atoms with van der Waals surface area (Å²) in [5.74, 6) is -0.151. The van der Waals surface area contributed by atoms with Crippen LogP contribution < -0.4 is 5.32 Å². The number of hydrogen-bond donors (Lipinski definition) is 1. The Labute approximate surface area is 120 Å². The molecule has 1 spiro atoms. The maximum atomic E-state index is 12.0. The van der Waals surface area contributed by atoms with Gasteiger partial charge in [-0.15, -0.1) is 12.4 Å². The van der Waals surface area contributed by atoms with Crippen LogP contribution in [0, 0.1) is 0 Å². The van der Waals surface area contributed by atoms with E-state index < -0.39 is 0 Å². The van der Waals surface area contributed by atoms with Crippen molar-refractivity contribution in [1.82, 2.24) is 5.32 Å². The summed E-state index contributed by atoms with van der Waals surface area (Å²) < 4.78 is 4.97. The maximum absolute atomic E-state index is 12.0. The second kappa shape index (κ2) is 5.51. The molecular weight excluding hydrogens is 262 g/mol. The van der Waals surface area contributed by atoms with E-state index in [0.29, 0.717) is 0 Å². The summed E-state index contributed by atoms with van der Waals surface area (Å²) in [6.07, 6.45) is 3.16. The highest BCUT2D eigenvalue weighted by Gasteiger charge is 2.46. The van der Waals surface area contributed by atoms with Crippen molar-refractivity contribution in [1.29, 1.82) is 0 Å². The molecular formula is C15H20ClNO2. The molecule has 1 N–H and O–H groups in total. The smallest absolute Gasteiger partial charge is 0.313 e. The molecule has 1 aliphatic heterocycles. The largest absolute Gasteiger partial charge is 0.469 e. The lowest BCUT2D eigenvalue weighted by Crippen LogP contribution is -2.38. The third-order valence-corrected chi connectivity index (χ3v) is 4.55. The number of esters is 1. The molecule has 3 rings (SSSR count). The van der Waals surface area contributed by atoms with E-state index in [1.165, 1.54) is 18.2 Å². The zero-order valence-electron chi connectivity index (χ0n) is 11.1. The number of hydrogen-bond acceptors (Lipinski definition) is 3. The number of methoxy groups -OCH3 is 1. The first-order valence-corrected chi connectivity index (χ1v) is 6.65. The molecule has 0 saturated carbocycles. The van der Waals surface area contributed by atoms with Gasteiger partial charge in [0.05, 0.1) is 13.0 Å². The van der Waals surface area contributed by atoms with Gasteiger partial charge in [-0.25, -0.2) is 0 Å². The fourth-order valence-corrected chi connectivity index (χ4v) is 3.63.